The van der Waals surface area contributed by atoms with Gasteiger partial charge in [0.25, 0.3) is 0 Å². The van der Waals surface area contributed by atoms with Gasteiger partial charge in [-0.3, -0.25) is 0 Å². The van der Waals surface area contributed by atoms with Crippen molar-refractivity contribution in [1.82, 2.24) is 15.3 Å². The molecule has 1 aliphatic heterocycles. The Labute approximate surface area is 110 Å². The smallest absolute Gasteiger partial charge is 0.132 e. The molecule has 1 aliphatic rings. The molecule has 1 atom stereocenters. The van der Waals surface area contributed by atoms with Gasteiger partial charge in [-0.1, -0.05) is 13.8 Å². The van der Waals surface area contributed by atoms with Crippen LogP contribution in [0.1, 0.15) is 38.2 Å². The number of hydrogen-bond donors (Lipinski definition) is 1. The van der Waals surface area contributed by atoms with E-state index in [-0.39, 0.29) is 0 Å². The quantitative estimate of drug-likeness (QED) is 0.884. The van der Waals surface area contributed by atoms with Gasteiger partial charge in [0, 0.05) is 30.9 Å². The maximum atomic E-state index is 4.59. The number of rotatable bonds is 4. The van der Waals surface area contributed by atoms with Crippen LogP contribution in [0.5, 0.6) is 0 Å². The van der Waals surface area contributed by atoms with Crippen molar-refractivity contribution in [3.63, 3.8) is 0 Å². The van der Waals surface area contributed by atoms with E-state index in [0.29, 0.717) is 6.04 Å². The Hall–Kier alpha value is -1.16. The van der Waals surface area contributed by atoms with Gasteiger partial charge in [0.15, 0.2) is 0 Å². The fraction of sp³-hybridized carbons (Fsp3) is 0.714. The second-order valence-corrected chi connectivity index (χ2v) is 4.96. The Morgan fingerprint density at radius 3 is 2.94 bits per heavy atom. The van der Waals surface area contributed by atoms with E-state index in [1.165, 1.54) is 12.8 Å². The lowest BCUT2D eigenvalue weighted by molar-refractivity contribution is 0.429. The molecule has 2 heterocycles. The molecule has 0 spiro atoms. The summed E-state index contributed by atoms with van der Waals surface area (Å²) in [5.41, 5.74) is 1.14. The number of nitrogens with one attached hydrogen (secondary N) is 1. The van der Waals surface area contributed by atoms with Crippen molar-refractivity contribution in [2.45, 2.75) is 46.1 Å². The maximum absolute atomic E-state index is 4.59. The molecular weight excluding hydrogens is 224 g/mol. The van der Waals surface area contributed by atoms with E-state index in [9.17, 15) is 0 Å². The summed E-state index contributed by atoms with van der Waals surface area (Å²) in [7, 11) is 0. The largest absolute Gasteiger partial charge is 0.355 e. The number of hydrogen-bond acceptors (Lipinski definition) is 4. The summed E-state index contributed by atoms with van der Waals surface area (Å²) in [5.74, 6) is 1.98. The molecule has 1 fully saturated rings. The van der Waals surface area contributed by atoms with E-state index in [1.807, 2.05) is 6.92 Å². The molecule has 0 radical (unpaired) electrons. The first-order valence-electron chi connectivity index (χ1n) is 7.05. The zero-order chi connectivity index (χ0) is 13.0. The van der Waals surface area contributed by atoms with E-state index in [2.05, 4.69) is 40.1 Å². The van der Waals surface area contributed by atoms with Gasteiger partial charge in [-0.2, -0.15) is 0 Å². The second kappa shape index (κ2) is 6.14. The Morgan fingerprint density at radius 2 is 2.22 bits per heavy atom. The average molecular weight is 248 g/mol. The number of anilines is 1. The number of aromatic nitrogens is 2. The first kappa shape index (κ1) is 13.3. The van der Waals surface area contributed by atoms with E-state index < -0.39 is 0 Å². The minimum atomic E-state index is 0.601. The van der Waals surface area contributed by atoms with Gasteiger partial charge >= 0.3 is 0 Å². The maximum Gasteiger partial charge on any atom is 0.132 e. The zero-order valence-electron chi connectivity index (χ0n) is 11.7. The van der Waals surface area contributed by atoms with Crippen LogP contribution in [0, 0.1) is 6.92 Å². The van der Waals surface area contributed by atoms with Crippen LogP contribution in [0.2, 0.25) is 0 Å². The summed E-state index contributed by atoms with van der Waals surface area (Å²) in [5, 5.41) is 3.54. The van der Waals surface area contributed by atoms with Gasteiger partial charge in [-0.15, -0.1) is 0 Å². The average Bonchev–Trinajstić information content (AvgIpc) is 2.39. The molecule has 1 aromatic heterocycles. The van der Waals surface area contributed by atoms with Crippen molar-refractivity contribution < 1.29 is 0 Å². The fourth-order valence-corrected chi connectivity index (χ4v) is 2.60. The molecule has 0 aromatic carbocycles. The van der Waals surface area contributed by atoms with Crippen molar-refractivity contribution in [3.05, 3.63) is 17.6 Å². The summed E-state index contributed by atoms with van der Waals surface area (Å²) >= 11 is 0. The molecule has 1 aromatic rings. The Balaban J connectivity index is 2.12. The predicted octanol–water partition coefficient (Wildman–Crippen LogP) is 1.93. The molecule has 18 heavy (non-hydrogen) atoms. The number of nitrogens with zero attached hydrogens (tertiary/aromatic N) is 3. The normalized spacial score (nSPS) is 20.2. The van der Waals surface area contributed by atoms with Crippen LogP contribution in [0.3, 0.4) is 0 Å². The lowest BCUT2D eigenvalue weighted by atomic mass is 10.1. The second-order valence-electron chi connectivity index (χ2n) is 4.96. The molecule has 0 aliphatic carbocycles. The first-order valence-corrected chi connectivity index (χ1v) is 7.05. The predicted molar refractivity (Wildman–Crippen MR) is 75.1 cm³/mol. The third-order valence-corrected chi connectivity index (χ3v) is 3.48. The number of aryl methyl sites for hydroxylation is 2. The third kappa shape index (κ3) is 3.19. The van der Waals surface area contributed by atoms with Gasteiger partial charge in [-0.05, 0) is 32.7 Å². The first-order chi connectivity index (χ1) is 8.72. The van der Waals surface area contributed by atoms with Gasteiger partial charge in [0.2, 0.25) is 0 Å². The molecule has 100 valence electrons. The molecule has 0 saturated carbocycles. The molecular formula is C14H24N4. The van der Waals surface area contributed by atoms with E-state index >= 15 is 0 Å². The highest BCUT2D eigenvalue weighted by atomic mass is 15.2. The summed E-state index contributed by atoms with van der Waals surface area (Å²) < 4.78 is 0. The van der Waals surface area contributed by atoms with Gasteiger partial charge < -0.3 is 10.2 Å². The van der Waals surface area contributed by atoms with Crippen LogP contribution in [-0.4, -0.2) is 35.6 Å². The Morgan fingerprint density at radius 1 is 1.39 bits per heavy atom. The molecule has 1 saturated heterocycles. The summed E-state index contributed by atoms with van der Waals surface area (Å²) in [6, 6.07) is 2.74. The molecule has 0 amide bonds. The minimum Gasteiger partial charge on any atom is -0.355 e. The Kier molecular flexibility index (Phi) is 4.53. The highest BCUT2D eigenvalue weighted by Gasteiger charge is 2.20. The SMILES string of the molecule is CCNC1CCCN(c2cc(CC)nc(C)n2)C1. The summed E-state index contributed by atoms with van der Waals surface area (Å²) in [6.07, 6.45) is 3.48. The monoisotopic (exact) mass is 248 g/mol. The van der Waals surface area contributed by atoms with Crippen LogP contribution >= 0.6 is 0 Å². The van der Waals surface area contributed by atoms with Crippen molar-refractivity contribution in [1.29, 1.82) is 0 Å². The summed E-state index contributed by atoms with van der Waals surface area (Å²) in [4.78, 5) is 11.4. The van der Waals surface area contributed by atoms with E-state index in [0.717, 1.165) is 43.4 Å². The van der Waals surface area contributed by atoms with Crippen molar-refractivity contribution in [2.24, 2.45) is 0 Å². The molecule has 4 heteroatoms. The van der Waals surface area contributed by atoms with Crippen molar-refractivity contribution >= 4 is 5.82 Å². The summed E-state index contributed by atoms with van der Waals surface area (Å²) in [6.45, 7) is 9.51. The van der Waals surface area contributed by atoms with Crippen LogP contribution < -0.4 is 10.2 Å². The highest BCUT2D eigenvalue weighted by molar-refractivity contribution is 5.40. The number of piperidine rings is 1. The molecule has 0 bridgehead atoms. The van der Waals surface area contributed by atoms with Crippen molar-refractivity contribution in [2.75, 3.05) is 24.5 Å². The molecule has 1 N–H and O–H groups in total. The molecule has 4 nitrogen and oxygen atoms in total. The number of likely N-dealkylation sites (N-methyl/N-ethyl adjacent to an activating group) is 1. The van der Waals surface area contributed by atoms with Crippen LogP contribution in [0.15, 0.2) is 6.07 Å². The minimum absolute atomic E-state index is 0.601. The van der Waals surface area contributed by atoms with Crippen LogP contribution in [0.25, 0.3) is 0 Å². The lowest BCUT2D eigenvalue weighted by Gasteiger charge is -2.34. The lowest BCUT2D eigenvalue weighted by Crippen LogP contribution is -2.46. The topological polar surface area (TPSA) is 41.0 Å². The Bertz CT molecular complexity index is 389. The standard InChI is InChI=1S/C14H24N4/c1-4-12-9-14(17-11(3)16-12)18-8-6-7-13(10-18)15-5-2/h9,13,15H,4-8,10H2,1-3H3. The van der Waals surface area contributed by atoms with Gasteiger partial charge in [-0.25, -0.2) is 9.97 Å². The fourth-order valence-electron chi connectivity index (χ4n) is 2.60. The highest BCUT2D eigenvalue weighted by Crippen LogP contribution is 2.19. The molecule has 2 rings (SSSR count). The van der Waals surface area contributed by atoms with Crippen LogP contribution in [-0.2, 0) is 6.42 Å². The van der Waals surface area contributed by atoms with E-state index in [1.54, 1.807) is 0 Å². The van der Waals surface area contributed by atoms with Crippen LogP contribution in [0.4, 0.5) is 5.82 Å². The third-order valence-electron chi connectivity index (χ3n) is 3.48. The van der Waals surface area contributed by atoms with E-state index in [4.69, 9.17) is 0 Å². The zero-order valence-corrected chi connectivity index (χ0v) is 11.7. The van der Waals surface area contributed by atoms with Crippen molar-refractivity contribution in [3.8, 4) is 0 Å². The van der Waals surface area contributed by atoms with Gasteiger partial charge in [0.1, 0.15) is 11.6 Å². The van der Waals surface area contributed by atoms with Gasteiger partial charge in [0.05, 0.1) is 0 Å². The molecule has 1 unspecified atom stereocenters.